The summed E-state index contributed by atoms with van der Waals surface area (Å²) in [6, 6.07) is 9.49. The largest absolute Gasteiger partial charge is 0.327 e. The van der Waals surface area contributed by atoms with Crippen molar-refractivity contribution in [3.63, 3.8) is 0 Å². The second-order valence-electron chi connectivity index (χ2n) is 5.23. The molecule has 1 aromatic rings. The van der Waals surface area contributed by atoms with Crippen LogP contribution >= 0.6 is 0 Å². The van der Waals surface area contributed by atoms with E-state index in [1.165, 1.54) is 0 Å². The van der Waals surface area contributed by atoms with Crippen LogP contribution in [0.15, 0.2) is 24.3 Å². The number of nitrogens with zero attached hydrogens (tertiary/aromatic N) is 1. The summed E-state index contributed by atoms with van der Waals surface area (Å²) in [6.07, 6.45) is 1.10. The van der Waals surface area contributed by atoms with Gasteiger partial charge in [-0.15, -0.1) is 0 Å². The fraction of sp³-hybridized carbons (Fsp3) is 0.467. The smallest absolute Gasteiger partial charge is 0.225 e. The van der Waals surface area contributed by atoms with Crippen LogP contribution < -0.4 is 11.1 Å². The second kappa shape index (κ2) is 6.35. The maximum atomic E-state index is 11.7. The molecular formula is C15H21N3O. The lowest BCUT2D eigenvalue weighted by Crippen LogP contribution is -2.26. The Balaban J connectivity index is 2.68. The van der Waals surface area contributed by atoms with E-state index in [9.17, 15) is 4.79 Å². The van der Waals surface area contributed by atoms with Gasteiger partial charge in [-0.3, -0.25) is 4.79 Å². The Bertz CT molecular complexity index is 471. The van der Waals surface area contributed by atoms with Gasteiger partial charge in [-0.25, -0.2) is 0 Å². The number of hydrogen-bond donors (Lipinski definition) is 2. The van der Waals surface area contributed by atoms with E-state index in [-0.39, 0.29) is 11.9 Å². The van der Waals surface area contributed by atoms with Crippen LogP contribution in [0.4, 0.5) is 5.69 Å². The monoisotopic (exact) mass is 259 g/mol. The van der Waals surface area contributed by atoms with E-state index in [1.807, 2.05) is 45.0 Å². The zero-order valence-electron chi connectivity index (χ0n) is 11.7. The minimum Gasteiger partial charge on any atom is -0.327 e. The van der Waals surface area contributed by atoms with Gasteiger partial charge in [-0.2, -0.15) is 5.26 Å². The van der Waals surface area contributed by atoms with E-state index >= 15 is 0 Å². The first-order chi connectivity index (χ1) is 8.89. The minimum atomic E-state index is -0.521. The van der Waals surface area contributed by atoms with Gasteiger partial charge in [-0.1, -0.05) is 19.1 Å². The molecular weight excluding hydrogens is 238 g/mol. The molecule has 0 fully saturated rings. The summed E-state index contributed by atoms with van der Waals surface area (Å²) < 4.78 is 0. The summed E-state index contributed by atoms with van der Waals surface area (Å²) in [5.41, 5.74) is 6.87. The van der Waals surface area contributed by atoms with Crippen molar-refractivity contribution in [3.8, 4) is 6.07 Å². The summed E-state index contributed by atoms with van der Waals surface area (Å²) >= 11 is 0. The molecule has 1 aromatic carbocycles. The molecule has 0 spiro atoms. The highest BCUT2D eigenvalue weighted by Gasteiger charge is 2.19. The van der Waals surface area contributed by atoms with E-state index < -0.39 is 5.41 Å². The average Bonchev–Trinajstić information content (AvgIpc) is 2.39. The highest BCUT2D eigenvalue weighted by atomic mass is 16.1. The number of nitrogens with one attached hydrogen (secondary N) is 1. The SMILES string of the molecule is CCC(N)CC(=O)Nc1ccc(C(C)(C)C#N)cc1. The molecule has 0 aliphatic heterocycles. The number of nitrogens with two attached hydrogens (primary N) is 1. The van der Waals surface area contributed by atoms with Crippen molar-refractivity contribution < 1.29 is 4.79 Å². The first-order valence-corrected chi connectivity index (χ1v) is 6.46. The molecule has 0 saturated carbocycles. The predicted octanol–water partition coefficient (Wildman–Crippen LogP) is 2.55. The number of anilines is 1. The molecule has 102 valence electrons. The Hall–Kier alpha value is -1.86. The van der Waals surface area contributed by atoms with Gasteiger partial charge in [0.25, 0.3) is 0 Å². The van der Waals surface area contributed by atoms with Crippen molar-refractivity contribution in [2.24, 2.45) is 5.73 Å². The standard InChI is InChI=1S/C15H21N3O/c1-4-12(17)9-14(19)18-13-7-5-11(6-8-13)15(2,3)10-16/h5-8,12H,4,9,17H2,1-3H3,(H,18,19). The number of nitriles is 1. The summed E-state index contributed by atoms with van der Waals surface area (Å²) in [7, 11) is 0. The first-order valence-electron chi connectivity index (χ1n) is 6.46. The Morgan fingerprint density at radius 2 is 2.00 bits per heavy atom. The number of carbonyl (C=O) groups excluding carboxylic acids is 1. The van der Waals surface area contributed by atoms with Crippen molar-refractivity contribution in [1.29, 1.82) is 5.26 Å². The maximum Gasteiger partial charge on any atom is 0.225 e. The molecule has 19 heavy (non-hydrogen) atoms. The lowest BCUT2D eigenvalue weighted by Gasteiger charge is -2.16. The fourth-order valence-corrected chi connectivity index (χ4v) is 1.63. The normalized spacial score (nSPS) is 12.6. The quantitative estimate of drug-likeness (QED) is 0.852. The fourth-order valence-electron chi connectivity index (χ4n) is 1.63. The molecule has 4 heteroatoms. The van der Waals surface area contributed by atoms with Crippen LogP contribution in [-0.4, -0.2) is 11.9 Å². The van der Waals surface area contributed by atoms with Crippen molar-refractivity contribution in [2.45, 2.75) is 45.1 Å². The molecule has 1 atom stereocenters. The summed E-state index contributed by atoms with van der Waals surface area (Å²) in [6.45, 7) is 5.68. The molecule has 1 amide bonds. The first kappa shape index (κ1) is 15.2. The molecule has 0 saturated heterocycles. The van der Waals surface area contributed by atoms with Crippen LogP contribution in [0.5, 0.6) is 0 Å². The van der Waals surface area contributed by atoms with Crippen molar-refractivity contribution in [1.82, 2.24) is 0 Å². The van der Waals surface area contributed by atoms with Crippen LogP contribution in [0.2, 0.25) is 0 Å². The lowest BCUT2D eigenvalue weighted by molar-refractivity contribution is -0.116. The Morgan fingerprint density at radius 1 is 1.42 bits per heavy atom. The number of rotatable bonds is 5. The van der Waals surface area contributed by atoms with Gasteiger partial charge in [0, 0.05) is 18.2 Å². The van der Waals surface area contributed by atoms with Crippen LogP contribution in [0, 0.1) is 11.3 Å². The molecule has 0 aliphatic carbocycles. The second-order valence-corrected chi connectivity index (χ2v) is 5.23. The Morgan fingerprint density at radius 3 is 2.47 bits per heavy atom. The number of amides is 1. The number of carbonyl (C=O) groups is 1. The van der Waals surface area contributed by atoms with E-state index in [4.69, 9.17) is 11.0 Å². The molecule has 0 aromatic heterocycles. The third-order valence-electron chi connectivity index (χ3n) is 3.14. The minimum absolute atomic E-state index is 0.0818. The molecule has 4 nitrogen and oxygen atoms in total. The molecule has 0 radical (unpaired) electrons. The third-order valence-corrected chi connectivity index (χ3v) is 3.14. The van der Waals surface area contributed by atoms with E-state index in [0.717, 1.165) is 17.7 Å². The summed E-state index contributed by atoms with van der Waals surface area (Å²) in [4.78, 5) is 11.7. The number of benzene rings is 1. The van der Waals surface area contributed by atoms with Gasteiger partial charge in [0.1, 0.15) is 0 Å². The molecule has 1 rings (SSSR count). The predicted molar refractivity (Wildman–Crippen MR) is 76.6 cm³/mol. The van der Waals surface area contributed by atoms with Gasteiger partial charge >= 0.3 is 0 Å². The maximum absolute atomic E-state index is 11.7. The highest BCUT2D eigenvalue weighted by Crippen LogP contribution is 2.23. The molecule has 1 unspecified atom stereocenters. The van der Waals surface area contributed by atoms with Gasteiger partial charge < -0.3 is 11.1 Å². The highest BCUT2D eigenvalue weighted by molar-refractivity contribution is 5.91. The van der Waals surface area contributed by atoms with Gasteiger partial charge in [0.05, 0.1) is 11.5 Å². The zero-order valence-corrected chi connectivity index (χ0v) is 11.7. The molecule has 3 N–H and O–H groups in total. The molecule has 0 bridgehead atoms. The molecule has 0 aliphatic rings. The van der Waals surface area contributed by atoms with E-state index in [1.54, 1.807) is 0 Å². The third kappa shape index (κ3) is 4.38. The lowest BCUT2D eigenvalue weighted by atomic mass is 9.86. The van der Waals surface area contributed by atoms with Crippen LogP contribution in [0.25, 0.3) is 0 Å². The van der Waals surface area contributed by atoms with Crippen LogP contribution in [-0.2, 0) is 10.2 Å². The van der Waals surface area contributed by atoms with Crippen molar-refractivity contribution in [3.05, 3.63) is 29.8 Å². The van der Waals surface area contributed by atoms with Crippen LogP contribution in [0.3, 0.4) is 0 Å². The van der Waals surface area contributed by atoms with Crippen LogP contribution in [0.1, 0.15) is 39.2 Å². The van der Waals surface area contributed by atoms with Crippen molar-refractivity contribution >= 4 is 11.6 Å². The topological polar surface area (TPSA) is 78.9 Å². The Labute approximate surface area is 114 Å². The van der Waals surface area contributed by atoms with Crippen molar-refractivity contribution in [2.75, 3.05) is 5.32 Å². The zero-order chi connectivity index (χ0) is 14.5. The van der Waals surface area contributed by atoms with Gasteiger partial charge in [0.2, 0.25) is 5.91 Å². The van der Waals surface area contributed by atoms with E-state index in [2.05, 4.69) is 11.4 Å². The number of hydrogen-bond acceptors (Lipinski definition) is 3. The van der Waals surface area contributed by atoms with Gasteiger partial charge in [-0.05, 0) is 38.0 Å². The average molecular weight is 259 g/mol. The van der Waals surface area contributed by atoms with Gasteiger partial charge in [0.15, 0.2) is 0 Å². The molecule has 0 heterocycles. The van der Waals surface area contributed by atoms with E-state index in [0.29, 0.717) is 6.42 Å². The summed E-state index contributed by atoms with van der Waals surface area (Å²) in [5.74, 6) is -0.0818. The summed E-state index contributed by atoms with van der Waals surface area (Å²) in [5, 5.41) is 11.9. The Kier molecular flexibility index (Phi) is 5.08.